The van der Waals surface area contributed by atoms with Gasteiger partial charge in [-0.05, 0) is 20.8 Å². The quantitative estimate of drug-likeness (QED) is 0.535. The molecule has 8 nitrogen and oxygen atoms in total. The summed E-state index contributed by atoms with van der Waals surface area (Å²) in [6.45, 7) is 9.63. The minimum atomic E-state index is -0.950. The van der Waals surface area contributed by atoms with Crippen LogP contribution in [0.3, 0.4) is 0 Å². The van der Waals surface area contributed by atoms with Crippen LogP contribution in [-0.2, 0) is 17.8 Å². The summed E-state index contributed by atoms with van der Waals surface area (Å²) >= 11 is -0.950. The number of H-pyrrole nitrogens is 1. The van der Waals surface area contributed by atoms with Crippen molar-refractivity contribution in [3.8, 4) is 0 Å². The van der Waals surface area contributed by atoms with Gasteiger partial charge in [-0.25, -0.2) is 0 Å². The normalized spacial score (nSPS) is 16.5. The molecule has 0 bridgehead atoms. The third-order valence-corrected chi connectivity index (χ3v) is 8.45. The zero-order chi connectivity index (χ0) is 23.9. The van der Waals surface area contributed by atoms with Gasteiger partial charge >= 0.3 is 185 Å². The molecule has 1 fully saturated rings. The maximum atomic E-state index is 12.9. The fourth-order valence-electron chi connectivity index (χ4n) is 4.33. The van der Waals surface area contributed by atoms with Crippen LogP contribution in [0.2, 0.25) is 0 Å². The molecule has 1 aromatic heterocycles. The Morgan fingerprint density at radius 1 is 0.971 bits per heavy atom. The van der Waals surface area contributed by atoms with Gasteiger partial charge in [0, 0.05) is 0 Å². The van der Waals surface area contributed by atoms with Crippen LogP contribution >= 0.6 is 0 Å². The molecule has 0 aliphatic carbocycles. The van der Waals surface area contributed by atoms with Crippen LogP contribution in [0, 0.1) is 0 Å². The van der Waals surface area contributed by atoms with Crippen molar-refractivity contribution in [2.45, 2.75) is 39.5 Å². The van der Waals surface area contributed by atoms with Gasteiger partial charge in [-0.3, -0.25) is 0 Å². The van der Waals surface area contributed by atoms with Crippen LogP contribution in [-0.4, -0.2) is 78.1 Å². The van der Waals surface area contributed by atoms with Gasteiger partial charge in [0.15, 0.2) is 0 Å². The summed E-state index contributed by atoms with van der Waals surface area (Å²) in [5.41, 5.74) is 3.85. The molecule has 2 aliphatic heterocycles. The number of aromatic nitrogens is 2. The molecule has 2 aliphatic rings. The third kappa shape index (κ3) is 4.92. The van der Waals surface area contributed by atoms with Crippen molar-refractivity contribution in [1.29, 1.82) is 0 Å². The molecule has 9 heteroatoms. The number of nitrogens with zero attached hydrogens (tertiary/aromatic N) is 4. The number of nitrogens with one attached hydrogen (secondary N) is 1. The molecule has 1 saturated heterocycles. The topological polar surface area (TPSA) is 81.8 Å². The molecule has 1 N–H and O–H groups in total. The Labute approximate surface area is 205 Å². The van der Waals surface area contributed by atoms with Gasteiger partial charge in [0.25, 0.3) is 0 Å². The average molecular weight is 523 g/mol. The van der Waals surface area contributed by atoms with E-state index < -0.39 is 21.4 Å². The van der Waals surface area contributed by atoms with Gasteiger partial charge < -0.3 is 0 Å². The zero-order valence-corrected chi connectivity index (χ0v) is 21.9. The van der Waals surface area contributed by atoms with Gasteiger partial charge in [0.2, 0.25) is 0 Å². The van der Waals surface area contributed by atoms with Crippen LogP contribution in [0.25, 0.3) is 11.0 Å². The fraction of sp³-hybridized carbons (Fsp3) is 0.400. The van der Waals surface area contributed by atoms with E-state index in [1.54, 1.807) is 4.90 Å². The third-order valence-electron chi connectivity index (χ3n) is 6.08. The summed E-state index contributed by atoms with van der Waals surface area (Å²) in [7, 11) is 0. The van der Waals surface area contributed by atoms with Crippen LogP contribution in [0.15, 0.2) is 42.5 Å². The number of hydrogen-bond donors (Lipinski definition) is 1. The first-order valence-corrected chi connectivity index (χ1v) is 13.7. The molecule has 3 aromatic rings. The first-order valence-electron chi connectivity index (χ1n) is 11.6. The van der Waals surface area contributed by atoms with E-state index in [0.29, 0.717) is 39.3 Å². The monoisotopic (exact) mass is 523 g/mol. The Balaban J connectivity index is 1.21. The fourth-order valence-corrected chi connectivity index (χ4v) is 6.32. The Kier molecular flexibility index (Phi) is 6.02. The van der Waals surface area contributed by atoms with E-state index in [2.05, 4.69) is 28.1 Å². The van der Waals surface area contributed by atoms with E-state index in [9.17, 15) is 9.59 Å². The molecule has 2 amide bonds. The van der Waals surface area contributed by atoms with E-state index >= 15 is 0 Å². The van der Waals surface area contributed by atoms with Gasteiger partial charge in [-0.1, -0.05) is 0 Å². The SMILES string of the molecule is CC(C)(C)OC(=O)N1CCN(c2nc3ccc([AsH]C(=O)N4Cc5ccccc5C4)cc3[nH]2)CC1. The predicted octanol–water partition coefficient (Wildman–Crippen LogP) is 2.82. The summed E-state index contributed by atoms with van der Waals surface area (Å²) in [6, 6.07) is 14.4. The summed E-state index contributed by atoms with van der Waals surface area (Å²) in [5, 5.41) is 0. The second-order valence-electron chi connectivity index (χ2n) is 9.80. The Hall–Kier alpha value is -2.99. The van der Waals surface area contributed by atoms with E-state index in [-0.39, 0.29) is 10.8 Å². The van der Waals surface area contributed by atoms with Crippen LogP contribution in [0.4, 0.5) is 15.5 Å². The molecular weight excluding hydrogens is 493 g/mol. The molecule has 0 saturated carbocycles. The second-order valence-corrected chi connectivity index (χ2v) is 12.4. The van der Waals surface area contributed by atoms with Crippen LogP contribution < -0.4 is 9.25 Å². The van der Waals surface area contributed by atoms with Crippen LogP contribution in [0.1, 0.15) is 31.9 Å². The number of carbonyl (C=O) groups is 2. The summed E-state index contributed by atoms with van der Waals surface area (Å²) in [6.07, 6.45) is -0.267. The molecule has 0 radical (unpaired) electrons. The predicted molar refractivity (Wildman–Crippen MR) is 134 cm³/mol. The average Bonchev–Trinajstić information content (AvgIpc) is 3.42. The zero-order valence-electron chi connectivity index (χ0n) is 19.8. The first kappa shape index (κ1) is 22.8. The molecule has 0 spiro atoms. The molecule has 178 valence electrons. The van der Waals surface area contributed by atoms with Crippen molar-refractivity contribution in [2.75, 3.05) is 31.1 Å². The molecule has 5 rings (SSSR count). The first-order chi connectivity index (χ1) is 16.2. The maximum absolute atomic E-state index is 12.9. The number of fused-ring (bicyclic) bond motifs is 2. The number of imidazole rings is 1. The summed E-state index contributed by atoms with van der Waals surface area (Å²) in [4.78, 5) is 39.3. The van der Waals surface area contributed by atoms with Crippen molar-refractivity contribution >= 4 is 47.9 Å². The van der Waals surface area contributed by atoms with Gasteiger partial charge in [-0.15, -0.1) is 0 Å². The van der Waals surface area contributed by atoms with E-state index in [1.807, 2.05) is 49.9 Å². The Morgan fingerprint density at radius 2 is 1.65 bits per heavy atom. The molecule has 3 heterocycles. The van der Waals surface area contributed by atoms with Crippen molar-refractivity contribution < 1.29 is 14.3 Å². The number of anilines is 1. The number of benzene rings is 2. The van der Waals surface area contributed by atoms with Crippen molar-refractivity contribution in [2.24, 2.45) is 0 Å². The number of ether oxygens (including phenoxy) is 1. The van der Waals surface area contributed by atoms with Crippen molar-refractivity contribution in [1.82, 2.24) is 19.8 Å². The summed E-state index contributed by atoms with van der Waals surface area (Å²) in [5.74, 6) is 0.803. The van der Waals surface area contributed by atoms with Crippen LogP contribution in [0.5, 0.6) is 0 Å². The second kappa shape index (κ2) is 8.99. The molecule has 34 heavy (non-hydrogen) atoms. The van der Waals surface area contributed by atoms with Gasteiger partial charge in [0.05, 0.1) is 0 Å². The van der Waals surface area contributed by atoms with Gasteiger partial charge in [-0.2, -0.15) is 0 Å². The molecule has 1 atom stereocenters. The van der Waals surface area contributed by atoms with Crippen molar-refractivity contribution in [3.05, 3.63) is 53.6 Å². The number of aromatic amines is 1. The summed E-state index contributed by atoms with van der Waals surface area (Å²) < 4.78 is 6.84. The Bertz CT molecular complexity index is 1200. The number of rotatable bonds is 3. The standard InChI is InChI=1S/C25H30AsN5O3/c1-25(2,3)34-24(33)30-12-10-29(11-13-30)23-27-20-9-8-19(14-21(20)28-23)26-22(32)31-15-17-6-4-5-7-18(17)16-31/h4-9,14,26H,10-13,15-16H2,1-3H3,(H,27,28). The van der Waals surface area contributed by atoms with E-state index in [0.717, 1.165) is 21.3 Å². The van der Waals surface area contributed by atoms with Gasteiger partial charge in [0.1, 0.15) is 0 Å². The van der Waals surface area contributed by atoms with E-state index in [1.165, 1.54) is 11.1 Å². The molecule has 2 aromatic carbocycles. The number of hydrogen-bond acceptors (Lipinski definition) is 5. The van der Waals surface area contributed by atoms with E-state index in [4.69, 9.17) is 9.72 Å². The number of amides is 2. The molecular formula is C25H30AsN5O3. The Morgan fingerprint density at radius 3 is 2.29 bits per heavy atom. The van der Waals surface area contributed by atoms with Crippen molar-refractivity contribution in [3.63, 3.8) is 0 Å². The molecule has 1 unspecified atom stereocenters. The minimum absolute atomic E-state index is 0.258. The number of carbonyl (C=O) groups excluding carboxylic acids is 2. The number of piperazine rings is 1.